The molecule has 4 nitrogen and oxygen atoms in total. The number of para-hydroxylation sites is 1. The van der Waals surface area contributed by atoms with E-state index in [9.17, 15) is 35.9 Å². The highest BCUT2D eigenvalue weighted by Gasteiger charge is 2.37. The molecule has 0 saturated carbocycles. The standard InChI is InChI=1S/C23H16F6N2O2/c24-22(25,26)16-10-15(11-17(12-16)23(27,28)29)20(32)31-19-9-5-4-8-18(19)21(33)30-13-14-6-2-1-3-7-14/h1-12H,13H2,(H,30,33)(H,31,32). The first kappa shape index (κ1) is 23.8. The number of amides is 2. The van der Waals surface area contributed by atoms with E-state index in [0.29, 0.717) is 12.1 Å². The molecule has 0 spiro atoms. The van der Waals surface area contributed by atoms with Gasteiger partial charge in [0.1, 0.15) is 0 Å². The SMILES string of the molecule is O=C(Nc1ccccc1C(=O)NCc1ccccc1)c1cc(C(F)(F)F)cc(C(F)(F)F)c1. The first-order valence-corrected chi connectivity index (χ1v) is 9.47. The third kappa shape index (κ3) is 6.12. The number of carbonyl (C=O) groups is 2. The van der Waals surface area contributed by atoms with Crippen molar-refractivity contribution in [3.05, 3.63) is 101 Å². The van der Waals surface area contributed by atoms with Crippen molar-refractivity contribution in [3.8, 4) is 0 Å². The van der Waals surface area contributed by atoms with Crippen LogP contribution in [-0.2, 0) is 18.9 Å². The smallest absolute Gasteiger partial charge is 0.348 e. The monoisotopic (exact) mass is 466 g/mol. The lowest BCUT2D eigenvalue weighted by Crippen LogP contribution is -2.25. The molecule has 0 radical (unpaired) electrons. The molecule has 0 heterocycles. The van der Waals surface area contributed by atoms with Gasteiger partial charge in [-0.1, -0.05) is 42.5 Å². The quantitative estimate of drug-likeness (QED) is 0.460. The summed E-state index contributed by atoms with van der Waals surface area (Å²) in [5.74, 6) is -1.82. The fourth-order valence-electron chi connectivity index (χ4n) is 2.94. The summed E-state index contributed by atoms with van der Waals surface area (Å²) in [6.45, 7) is 0.171. The average molecular weight is 466 g/mol. The van der Waals surface area contributed by atoms with E-state index in [1.807, 2.05) is 0 Å². The van der Waals surface area contributed by atoms with Gasteiger partial charge in [-0.05, 0) is 35.9 Å². The number of halogens is 6. The van der Waals surface area contributed by atoms with Crippen molar-refractivity contribution in [2.45, 2.75) is 18.9 Å². The highest BCUT2D eigenvalue weighted by Crippen LogP contribution is 2.36. The van der Waals surface area contributed by atoms with Crippen molar-refractivity contribution in [1.82, 2.24) is 5.32 Å². The third-order valence-electron chi connectivity index (χ3n) is 4.57. The highest BCUT2D eigenvalue weighted by atomic mass is 19.4. The Morgan fingerprint density at radius 2 is 1.24 bits per heavy atom. The first-order chi connectivity index (χ1) is 15.4. The fourth-order valence-corrected chi connectivity index (χ4v) is 2.94. The van der Waals surface area contributed by atoms with Gasteiger partial charge in [-0.15, -0.1) is 0 Å². The van der Waals surface area contributed by atoms with Gasteiger partial charge in [0.25, 0.3) is 11.8 Å². The van der Waals surface area contributed by atoms with Gasteiger partial charge in [0.05, 0.1) is 22.4 Å². The van der Waals surface area contributed by atoms with Gasteiger partial charge in [0, 0.05) is 12.1 Å². The maximum Gasteiger partial charge on any atom is 0.416 e. The average Bonchev–Trinajstić information content (AvgIpc) is 2.77. The molecular weight excluding hydrogens is 450 g/mol. The Kier molecular flexibility index (Phi) is 6.75. The van der Waals surface area contributed by atoms with Gasteiger partial charge in [-0.25, -0.2) is 0 Å². The van der Waals surface area contributed by atoms with Gasteiger partial charge >= 0.3 is 12.4 Å². The van der Waals surface area contributed by atoms with Crippen molar-refractivity contribution >= 4 is 17.5 Å². The van der Waals surface area contributed by atoms with E-state index in [0.717, 1.165) is 5.56 Å². The maximum absolute atomic E-state index is 13.1. The minimum absolute atomic E-state index is 0.00944. The van der Waals surface area contributed by atoms with Gasteiger partial charge in [0.2, 0.25) is 0 Å². The zero-order chi connectivity index (χ0) is 24.2. The second kappa shape index (κ2) is 9.35. The van der Waals surface area contributed by atoms with Gasteiger partial charge in [-0.3, -0.25) is 9.59 Å². The van der Waals surface area contributed by atoms with Crippen LogP contribution in [0.4, 0.5) is 32.0 Å². The zero-order valence-corrected chi connectivity index (χ0v) is 16.7. The van der Waals surface area contributed by atoms with E-state index in [1.54, 1.807) is 30.3 Å². The van der Waals surface area contributed by atoms with Crippen LogP contribution in [0.3, 0.4) is 0 Å². The molecule has 2 N–H and O–H groups in total. The second-order valence-electron chi connectivity index (χ2n) is 6.96. The first-order valence-electron chi connectivity index (χ1n) is 9.47. The van der Waals surface area contributed by atoms with Gasteiger partial charge in [-0.2, -0.15) is 26.3 Å². The van der Waals surface area contributed by atoms with Crippen LogP contribution in [-0.4, -0.2) is 11.8 Å². The Morgan fingerprint density at radius 3 is 1.82 bits per heavy atom. The lowest BCUT2D eigenvalue weighted by molar-refractivity contribution is -0.143. The molecular formula is C23H16F6N2O2. The molecule has 10 heteroatoms. The number of carbonyl (C=O) groups excluding carboxylic acids is 2. The molecule has 0 aliphatic carbocycles. The Balaban J connectivity index is 1.86. The number of hydrogen-bond donors (Lipinski definition) is 2. The summed E-state index contributed by atoms with van der Waals surface area (Å²) >= 11 is 0. The predicted molar refractivity (Wildman–Crippen MR) is 108 cm³/mol. The van der Waals surface area contributed by atoms with Crippen LogP contribution < -0.4 is 10.6 Å². The Bertz CT molecular complexity index is 1130. The predicted octanol–water partition coefficient (Wildman–Crippen LogP) is 5.91. The maximum atomic E-state index is 13.1. The normalized spacial score (nSPS) is 11.7. The Morgan fingerprint density at radius 1 is 0.697 bits per heavy atom. The molecule has 0 aliphatic rings. The van der Waals surface area contributed by atoms with Crippen LogP contribution in [0.1, 0.15) is 37.4 Å². The van der Waals surface area contributed by atoms with Gasteiger partial charge < -0.3 is 10.6 Å². The molecule has 0 atom stereocenters. The topological polar surface area (TPSA) is 58.2 Å². The molecule has 0 fully saturated rings. The van der Waals surface area contributed by atoms with E-state index in [-0.39, 0.29) is 23.9 Å². The largest absolute Gasteiger partial charge is 0.416 e. The van der Waals surface area contributed by atoms with Crippen molar-refractivity contribution < 1.29 is 35.9 Å². The summed E-state index contributed by atoms with van der Waals surface area (Å²) in [4.78, 5) is 25.1. The van der Waals surface area contributed by atoms with Crippen LogP contribution in [0.5, 0.6) is 0 Å². The number of alkyl halides is 6. The van der Waals surface area contributed by atoms with Crippen LogP contribution >= 0.6 is 0 Å². The summed E-state index contributed by atoms with van der Waals surface area (Å²) in [7, 11) is 0. The van der Waals surface area contributed by atoms with Gasteiger partial charge in [0.15, 0.2) is 0 Å². The minimum Gasteiger partial charge on any atom is -0.348 e. The molecule has 3 aromatic carbocycles. The van der Waals surface area contributed by atoms with Crippen LogP contribution in [0.25, 0.3) is 0 Å². The van der Waals surface area contributed by atoms with E-state index >= 15 is 0 Å². The van der Waals surface area contributed by atoms with Crippen LogP contribution in [0, 0.1) is 0 Å². The third-order valence-corrected chi connectivity index (χ3v) is 4.57. The van der Waals surface area contributed by atoms with Crippen molar-refractivity contribution in [3.63, 3.8) is 0 Å². The summed E-state index contributed by atoms with van der Waals surface area (Å²) in [6.07, 6.45) is -10.2. The number of nitrogens with one attached hydrogen (secondary N) is 2. The molecule has 0 unspecified atom stereocenters. The number of anilines is 1. The molecule has 3 aromatic rings. The van der Waals surface area contributed by atoms with E-state index < -0.39 is 40.9 Å². The van der Waals surface area contributed by atoms with Crippen molar-refractivity contribution in [2.24, 2.45) is 0 Å². The van der Waals surface area contributed by atoms with Crippen molar-refractivity contribution in [1.29, 1.82) is 0 Å². The van der Waals surface area contributed by atoms with Crippen LogP contribution in [0.2, 0.25) is 0 Å². The van der Waals surface area contributed by atoms with Crippen LogP contribution in [0.15, 0.2) is 72.8 Å². The number of benzene rings is 3. The Labute approximate surface area is 184 Å². The lowest BCUT2D eigenvalue weighted by Gasteiger charge is -2.15. The van der Waals surface area contributed by atoms with E-state index in [4.69, 9.17) is 0 Å². The lowest BCUT2D eigenvalue weighted by atomic mass is 10.0. The minimum atomic E-state index is -5.09. The number of hydrogen-bond acceptors (Lipinski definition) is 2. The molecule has 0 bridgehead atoms. The summed E-state index contributed by atoms with van der Waals surface area (Å²) in [5, 5.41) is 4.87. The van der Waals surface area contributed by atoms with Crippen molar-refractivity contribution in [2.75, 3.05) is 5.32 Å². The molecule has 2 amide bonds. The summed E-state index contributed by atoms with van der Waals surface area (Å²) in [6, 6.07) is 15.1. The summed E-state index contributed by atoms with van der Waals surface area (Å²) in [5.41, 5.74) is -3.36. The highest BCUT2D eigenvalue weighted by molar-refractivity contribution is 6.09. The Hall–Kier alpha value is -3.82. The summed E-state index contributed by atoms with van der Waals surface area (Å²) < 4.78 is 78.4. The molecule has 172 valence electrons. The molecule has 0 aliphatic heterocycles. The molecule has 3 rings (SSSR count). The molecule has 33 heavy (non-hydrogen) atoms. The van der Waals surface area contributed by atoms with E-state index in [2.05, 4.69) is 10.6 Å². The molecule has 0 aromatic heterocycles. The van der Waals surface area contributed by atoms with E-state index in [1.165, 1.54) is 24.3 Å². The zero-order valence-electron chi connectivity index (χ0n) is 16.7. The molecule has 0 saturated heterocycles. The second-order valence-corrected chi connectivity index (χ2v) is 6.96. The number of rotatable bonds is 5. The fraction of sp³-hybridized carbons (Fsp3) is 0.130.